The van der Waals surface area contributed by atoms with Crippen LogP contribution in [0.1, 0.15) is 11.1 Å². The summed E-state index contributed by atoms with van der Waals surface area (Å²) in [6.45, 7) is 2.17. The third kappa shape index (κ3) is 4.42. The van der Waals surface area contributed by atoms with Gasteiger partial charge in [-0.1, -0.05) is 18.2 Å². The molecule has 0 saturated carbocycles. The molecule has 21 heavy (non-hydrogen) atoms. The lowest BCUT2D eigenvalue weighted by molar-refractivity contribution is -0.137. The van der Waals surface area contributed by atoms with E-state index in [-0.39, 0.29) is 0 Å². The van der Waals surface area contributed by atoms with Gasteiger partial charge >= 0.3 is 6.18 Å². The Bertz CT molecular complexity index is 594. The second-order valence-electron chi connectivity index (χ2n) is 5.14. The van der Waals surface area contributed by atoms with Crippen LogP contribution in [0.15, 0.2) is 24.3 Å². The van der Waals surface area contributed by atoms with E-state index in [0.29, 0.717) is 38.3 Å². The Labute approximate surface area is 122 Å². The smallest absolute Gasteiger partial charge is 0.296 e. The molecule has 1 fully saturated rings. The normalized spacial score (nSPS) is 18.9. The number of nitrogens with zero attached hydrogens (tertiary/aromatic N) is 2. The summed E-state index contributed by atoms with van der Waals surface area (Å²) >= 11 is 0. The van der Waals surface area contributed by atoms with Crippen molar-refractivity contribution in [2.75, 3.05) is 32.4 Å². The standard InChI is InChI=1S/C13H17F3N2O2S/c1-21(19,20)18-7-5-17(6-8-18)10-11-3-2-4-12(9-11)13(14,15)16/h2-4,9H,5-8,10H2,1H3. The maximum Gasteiger partial charge on any atom is 0.416 e. The number of piperazine rings is 1. The van der Waals surface area contributed by atoms with Gasteiger partial charge < -0.3 is 0 Å². The number of rotatable bonds is 3. The summed E-state index contributed by atoms with van der Waals surface area (Å²) in [7, 11) is -3.19. The van der Waals surface area contributed by atoms with Gasteiger partial charge in [0.25, 0.3) is 0 Å². The van der Waals surface area contributed by atoms with Crippen molar-refractivity contribution >= 4 is 10.0 Å². The van der Waals surface area contributed by atoms with Crippen LogP contribution in [0.5, 0.6) is 0 Å². The Balaban J connectivity index is 1.98. The van der Waals surface area contributed by atoms with Gasteiger partial charge in [0.05, 0.1) is 11.8 Å². The highest BCUT2D eigenvalue weighted by atomic mass is 32.2. The molecule has 118 valence electrons. The average molecular weight is 322 g/mol. The first-order valence-corrected chi connectivity index (χ1v) is 8.35. The van der Waals surface area contributed by atoms with E-state index in [1.807, 2.05) is 4.90 Å². The predicted octanol–water partition coefficient (Wildman–Crippen LogP) is 1.78. The van der Waals surface area contributed by atoms with E-state index >= 15 is 0 Å². The molecule has 1 aromatic rings. The average Bonchev–Trinajstić information content (AvgIpc) is 2.37. The molecule has 0 unspecified atom stereocenters. The molecule has 0 atom stereocenters. The second-order valence-corrected chi connectivity index (χ2v) is 7.12. The monoisotopic (exact) mass is 322 g/mol. The number of sulfonamides is 1. The summed E-state index contributed by atoms with van der Waals surface area (Å²) in [5.41, 5.74) is -0.0765. The van der Waals surface area contributed by atoms with Crippen molar-refractivity contribution in [1.82, 2.24) is 9.21 Å². The van der Waals surface area contributed by atoms with Crippen molar-refractivity contribution < 1.29 is 21.6 Å². The zero-order valence-electron chi connectivity index (χ0n) is 11.6. The van der Waals surface area contributed by atoms with Crippen LogP contribution in [0, 0.1) is 0 Å². The van der Waals surface area contributed by atoms with E-state index < -0.39 is 21.8 Å². The van der Waals surface area contributed by atoms with Crippen LogP contribution in [0.4, 0.5) is 13.2 Å². The minimum Gasteiger partial charge on any atom is -0.296 e. The SMILES string of the molecule is CS(=O)(=O)N1CCN(Cc2cccc(C(F)(F)F)c2)CC1. The first-order valence-electron chi connectivity index (χ1n) is 6.50. The number of hydrogen-bond acceptors (Lipinski definition) is 3. The largest absolute Gasteiger partial charge is 0.416 e. The Hall–Kier alpha value is -1.12. The number of halogens is 3. The molecule has 4 nitrogen and oxygen atoms in total. The third-order valence-corrected chi connectivity index (χ3v) is 4.76. The van der Waals surface area contributed by atoms with Gasteiger partial charge in [0, 0.05) is 32.7 Å². The van der Waals surface area contributed by atoms with Gasteiger partial charge in [-0.25, -0.2) is 8.42 Å². The van der Waals surface area contributed by atoms with Gasteiger partial charge in [0.2, 0.25) is 10.0 Å². The van der Waals surface area contributed by atoms with E-state index in [0.717, 1.165) is 18.4 Å². The maximum atomic E-state index is 12.6. The van der Waals surface area contributed by atoms with Crippen LogP contribution in [0.2, 0.25) is 0 Å². The molecule has 0 bridgehead atoms. The molecule has 1 aromatic carbocycles. The van der Waals surface area contributed by atoms with E-state index in [9.17, 15) is 21.6 Å². The summed E-state index contributed by atoms with van der Waals surface area (Å²) in [5, 5.41) is 0. The fourth-order valence-electron chi connectivity index (χ4n) is 2.32. The van der Waals surface area contributed by atoms with Crippen molar-refractivity contribution in [3.8, 4) is 0 Å². The van der Waals surface area contributed by atoms with E-state index in [4.69, 9.17) is 0 Å². The van der Waals surface area contributed by atoms with E-state index in [1.54, 1.807) is 6.07 Å². The Morgan fingerprint density at radius 3 is 2.29 bits per heavy atom. The lowest BCUT2D eigenvalue weighted by Crippen LogP contribution is -2.47. The number of hydrogen-bond donors (Lipinski definition) is 0. The molecular formula is C13H17F3N2O2S. The van der Waals surface area contributed by atoms with Crippen molar-refractivity contribution in [3.05, 3.63) is 35.4 Å². The Kier molecular flexibility index (Phi) is 4.60. The zero-order chi connectivity index (χ0) is 15.7. The summed E-state index contributed by atoms with van der Waals surface area (Å²) < 4.78 is 62.1. The number of alkyl halides is 3. The molecule has 0 spiro atoms. The lowest BCUT2D eigenvalue weighted by atomic mass is 10.1. The highest BCUT2D eigenvalue weighted by Gasteiger charge is 2.30. The molecule has 1 aliphatic heterocycles. The third-order valence-electron chi connectivity index (χ3n) is 3.46. The van der Waals surface area contributed by atoms with Crippen LogP contribution in [-0.4, -0.2) is 50.1 Å². The first kappa shape index (κ1) is 16.3. The van der Waals surface area contributed by atoms with Gasteiger partial charge in [-0.2, -0.15) is 17.5 Å². The Morgan fingerprint density at radius 2 is 1.76 bits per heavy atom. The van der Waals surface area contributed by atoms with Crippen molar-refractivity contribution in [2.24, 2.45) is 0 Å². The molecular weight excluding hydrogens is 305 g/mol. The maximum absolute atomic E-state index is 12.6. The molecule has 2 rings (SSSR count). The van der Waals surface area contributed by atoms with Gasteiger partial charge in [0.1, 0.15) is 0 Å². The van der Waals surface area contributed by atoms with Gasteiger partial charge in [-0.3, -0.25) is 4.90 Å². The lowest BCUT2D eigenvalue weighted by Gasteiger charge is -2.33. The van der Waals surface area contributed by atoms with Crippen LogP contribution in [-0.2, 0) is 22.7 Å². The summed E-state index contributed by atoms with van der Waals surface area (Å²) in [6, 6.07) is 5.23. The van der Waals surface area contributed by atoms with Gasteiger partial charge in [-0.05, 0) is 11.6 Å². The van der Waals surface area contributed by atoms with Crippen LogP contribution >= 0.6 is 0 Å². The minimum absolute atomic E-state index is 0.373. The molecule has 8 heteroatoms. The highest BCUT2D eigenvalue weighted by Crippen LogP contribution is 2.29. The molecule has 0 aliphatic carbocycles. The molecule has 1 aliphatic rings. The predicted molar refractivity (Wildman–Crippen MR) is 73.1 cm³/mol. The fraction of sp³-hybridized carbons (Fsp3) is 0.538. The van der Waals surface area contributed by atoms with Crippen molar-refractivity contribution in [2.45, 2.75) is 12.7 Å². The summed E-state index contributed by atoms with van der Waals surface area (Å²) in [4.78, 5) is 1.96. The Morgan fingerprint density at radius 1 is 1.14 bits per heavy atom. The second kappa shape index (κ2) is 5.94. The molecule has 1 saturated heterocycles. The van der Waals surface area contributed by atoms with E-state index in [1.165, 1.54) is 10.4 Å². The van der Waals surface area contributed by atoms with Gasteiger partial charge in [0.15, 0.2) is 0 Å². The zero-order valence-corrected chi connectivity index (χ0v) is 12.4. The minimum atomic E-state index is -4.34. The number of benzene rings is 1. The summed E-state index contributed by atoms with van der Waals surface area (Å²) in [5.74, 6) is 0. The van der Waals surface area contributed by atoms with Crippen LogP contribution in [0.3, 0.4) is 0 Å². The van der Waals surface area contributed by atoms with Crippen molar-refractivity contribution in [1.29, 1.82) is 0 Å². The van der Waals surface area contributed by atoms with Gasteiger partial charge in [-0.15, -0.1) is 0 Å². The fourth-order valence-corrected chi connectivity index (χ4v) is 3.15. The first-order chi connectivity index (χ1) is 9.66. The summed E-state index contributed by atoms with van der Waals surface area (Å²) in [6.07, 6.45) is -3.18. The quantitative estimate of drug-likeness (QED) is 0.852. The highest BCUT2D eigenvalue weighted by molar-refractivity contribution is 7.88. The van der Waals surface area contributed by atoms with Crippen molar-refractivity contribution in [3.63, 3.8) is 0 Å². The molecule has 1 heterocycles. The molecule has 0 aromatic heterocycles. The molecule has 0 amide bonds. The van der Waals surface area contributed by atoms with E-state index in [2.05, 4.69) is 0 Å². The van der Waals surface area contributed by atoms with Crippen LogP contribution in [0.25, 0.3) is 0 Å². The van der Waals surface area contributed by atoms with Crippen LogP contribution < -0.4 is 0 Å². The molecule has 0 N–H and O–H groups in total. The topological polar surface area (TPSA) is 40.6 Å². The molecule has 0 radical (unpaired) electrons.